The number of nitrogens with zero attached hydrogens (tertiary/aromatic N) is 1. The molecule has 0 aromatic heterocycles. The summed E-state index contributed by atoms with van der Waals surface area (Å²) in [5.74, 6) is -8.01. The van der Waals surface area contributed by atoms with Crippen LogP contribution in [0.4, 0.5) is 27.6 Å². The number of carbonyl (C=O) groups is 4. The van der Waals surface area contributed by atoms with Gasteiger partial charge in [0.1, 0.15) is 0 Å². The Morgan fingerprint density at radius 2 is 1.42 bits per heavy atom. The molecule has 0 saturated carbocycles. The first-order valence-electron chi connectivity index (χ1n) is 17.0. The summed E-state index contributed by atoms with van der Waals surface area (Å²) in [7, 11) is 3.00. The van der Waals surface area contributed by atoms with Crippen LogP contribution >= 0.6 is 0 Å². The van der Waals surface area contributed by atoms with Crippen LogP contribution < -0.4 is 10.1 Å². The van der Waals surface area contributed by atoms with Crippen molar-refractivity contribution in [3.8, 4) is 16.9 Å². The number of carbonyl (C=O) groups excluding carboxylic acids is 4. The van der Waals surface area contributed by atoms with E-state index >= 15 is 8.78 Å². The predicted molar refractivity (Wildman–Crippen MR) is 195 cm³/mol. The Labute approximate surface area is 314 Å². The molecule has 0 heterocycles. The van der Waals surface area contributed by atoms with Crippen LogP contribution in [0.5, 0.6) is 5.75 Å². The molecule has 0 fully saturated rings. The minimum absolute atomic E-state index is 0.0202. The van der Waals surface area contributed by atoms with E-state index in [9.17, 15) is 32.3 Å². The van der Waals surface area contributed by atoms with Crippen molar-refractivity contribution in [1.82, 2.24) is 4.90 Å². The Bertz CT molecular complexity index is 2060. The van der Waals surface area contributed by atoms with Crippen molar-refractivity contribution in [2.45, 2.75) is 45.2 Å². The predicted octanol–water partition coefficient (Wildman–Crippen LogP) is 8.49. The van der Waals surface area contributed by atoms with Crippen molar-refractivity contribution in [3.05, 3.63) is 125 Å². The molecule has 290 valence electrons. The topological polar surface area (TPSA) is 111 Å². The Morgan fingerprint density at radius 1 is 0.818 bits per heavy atom. The summed E-state index contributed by atoms with van der Waals surface area (Å²) in [5.41, 5.74) is -2.55. The molecule has 0 aliphatic rings. The smallest absolute Gasteiger partial charge is 0.416 e. The molecule has 1 N–H and O–H groups in total. The van der Waals surface area contributed by atoms with Crippen molar-refractivity contribution in [1.29, 1.82) is 0 Å². The zero-order valence-corrected chi connectivity index (χ0v) is 30.7. The maximum atomic E-state index is 16.3. The third-order valence-electron chi connectivity index (χ3n) is 8.63. The van der Waals surface area contributed by atoms with Gasteiger partial charge >= 0.3 is 24.1 Å². The number of hydrogen-bond donors (Lipinski definition) is 1. The molecular formula is C41H39F5N2O7. The molecule has 4 aromatic carbocycles. The number of aryl methyl sites for hydroxylation is 1. The van der Waals surface area contributed by atoms with Gasteiger partial charge in [-0.3, -0.25) is 19.2 Å². The van der Waals surface area contributed by atoms with E-state index in [1.54, 1.807) is 37.3 Å². The van der Waals surface area contributed by atoms with Crippen LogP contribution in [0.15, 0.2) is 85.4 Å². The number of hydrogen-bond acceptors (Lipinski definition) is 8. The van der Waals surface area contributed by atoms with E-state index in [1.165, 1.54) is 63.2 Å². The average molecular weight is 767 g/mol. The number of anilines is 1. The minimum atomic E-state index is -4.58. The number of halogens is 5. The normalized spacial score (nSPS) is 11.4. The van der Waals surface area contributed by atoms with Crippen LogP contribution in [0.25, 0.3) is 16.8 Å². The Morgan fingerprint density at radius 3 is 1.96 bits per heavy atom. The second-order valence-electron chi connectivity index (χ2n) is 12.5. The van der Waals surface area contributed by atoms with Gasteiger partial charge in [0.2, 0.25) is 5.75 Å². The monoisotopic (exact) mass is 766 g/mol. The highest BCUT2D eigenvalue weighted by molar-refractivity contribution is 6.10. The largest absolute Gasteiger partial charge is 0.465 e. The van der Waals surface area contributed by atoms with Crippen LogP contribution in [0.3, 0.4) is 0 Å². The summed E-state index contributed by atoms with van der Waals surface area (Å²) < 4.78 is 87.4. The number of ether oxygens (including phenoxy) is 3. The SMILES string of the molecule is C=C(c1c(NC(=O)c2ccc(C)cc2-c2ccc(C(F)(F)F)cc2)cc(F)c(OC(=O)CCC(C(=O)OCC)(C(=O)OCC)c2ccccc2)c1F)N(C)C. The molecule has 55 heavy (non-hydrogen) atoms. The third kappa shape index (κ3) is 9.19. The number of nitrogens with one attached hydrogen (secondary N) is 1. The van der Waals surface area contributed by atoms with Gasteiger partial charge in [0.05, 0.1) is 30.0 Å². The summed E-state index contributed by atoms with van der Waals surface area (Å²) in [6, 6.07) is 17.2. The summed E-state index contributed by atoms with van der Waals surface area (Å²) in [6.07, 6.45) is -5.82. The maximum Gasteiger partial charge on any atom is 0.416 e. The molecule has 4 rings (SSSR count). The van der Waals surface area contributed by atoms with E-state index in [1.807, 2.05) is 0 Å². The van der Waals surface area contributed by atoms with Gasteiger partial charge in [0.15, 0.2) is 17.0 Å². The molecule has 0 aliphatic heterocycles. The second-order valence-corrected chi connectivity index (χ2v) is 12.5. The van der Waals surface area contributed by atoms with Gasteiger partial charge in [-0.05, 0) is 62.1 Å². The number of rotatable bonds is 14. The molecule has 0 saturated heterocycles. The molecule has 0 bridgehead atoms. The van der Waals surface area contributed by atoms with Gasteiger partial charge in [-0.15, -0.1) is 0 Å². The van der Waals surface area contributed by atoms with Gasteiger partial charge in [-0.25, -0.2) is 8.78 Å². The number of alkyl halides is 3. The number of esters is 3. The summed E-state index contributed by atoms with van der Waals surface area (Å²) in [6.45, 7) is 8.41. The highest BCUT2D eigenvalue weighted by atomic mass is 19.4. The summed E-state index contributed by atoms with van der Waals surface area (Å²) in [4.78, 5) is 55.1. The van der Waals surface area contributed by atoms with Gasteiger partial charge < -0.3 is 24.4 Å². The van der Waals surface area contributed by atoms with Crippen molar-refractivity contribution in [2.75, 3.05) is 32.6 Å². The quantitative estimate of drug-likeness (QED) is 0.0589. The van der Waals surface area contributed by atoms with E-state index in [-0.39, 0.29) is 41.2 Å². The highest BCUT2D eigenvalue weighted by Crippen LogP contribution is 2.38. The first kappa shape index (κ1) is 41.7. The fourth-order valence-electron chi connectivity index (χ4n) is 5.78. The lowest BCUT2D eigenvalue weighted by atomic mass is 9.76. The lowest BCUT2D eigenvalue weighted by Crippen LogP contribution is -2.46. The molecular weight excluding hydrogens is 727 g/mol. The van der Waals surface area contributed by atoms with E-state index in [2.05, 4.69) is 11.9 Å². The zero-order chi connectivity index (χ0) is 40.7. The lowest BCUT2D eigenvalue weighted by molar-refractivity contribution is -0.165. The fraction of sp³-hybridized carbons (Fsp3) is 0.268. The van der Waals surface area contributed by atoms with Gasteiger partial charge in [-0.2, -0.15) is 13.2 Å². The Balaban J connectivity index is 1.70. The van der Waals surface area contributed by atoms with Gasteiger partial charge in [-0.1, -0.05) is 66.7 Å². The van der Waals surface area contributed by atoms with E-state index in [4.69, 9.17) is 14.2 Å². The fourth-order valence-corrected chi connectivity index (χ4v) is 5.78. The van der Waals surface area contributed by atoms with E-state index in [0.29, 0.717) is 5.56 Å². The van der Waals surface area contributed by atoms with Crippen molar-refractivity contribution in [3.63, 3.8) is 0 Å². The minimum Gasteiger partial charge on any atom is -0.465 e. The molecule has 0 unspecified atom stereocenters. The van der Waals surface area contributed by atoms with Gasteiger partial charge in [0, 0.05) is 37.8 Å². The average Bonchev–Trinajstić information content (AvgIpc) is 3.13. The molecule has 0 spiro atoms. The standard InChI is InChI=1S/C41H39F5N2O7/c1-7-53-38(51)40(39(52)54-8-2,27-12-10-9-11-13-27)21-20-33(49)55-36-31(42)23-32(34(35(36)43)25(4)48(5)6)47-37(50)29-19-14-24(3)22-30(29)26-15-17-28(18-16-26)41(44,45)46/h9-19,22-23H,4,7-8,20-21H2,1-3,5-6H3,(H,47,50). The maximum absolute atomic E-state index is 16.3. The van der Waals surface area contributed by atoms with E-state index < -0.39 is 82.4 Å². The number of amides is 1. The second kappa shape index (κ2) is 17.4. The Kier molecular flexibility index (Phi) is 13.2. The van der Waals surface area contributed by atoms with Gasteiger partial charge in [0.25, 0.3) is 5.91 Å². The molecule has 0 atom stereocenters. The summed E-state index contributed by atoms with van der Waals surface area (Å²) >= 11 is 0. The molecule has 9 nitrogen and oxygen atoms in total. The molecule has 1 amide bonds. The van der Waals surface area contributed by atoms with Crippen LogP contribution in [0.2, 0.25) is 0 Å². The number of benzene rings is 4. The van der Waals surface area contributed by atoms with Crippen LogP contribution in [0.1, 0.15) is 59.3 Å². The van der Waals surface area contributed by atoms with Crippen LogP contribution in [0, 0.1) is 18.6 Å². The Hall–Kier alpha value is -6.05. The molecule has 4 aromatic rings. The first-order valence-corrected chi connectivity index (χ1v) is 17.0. The molecule has 0 radical (unpaired) electrons. The third-order valence-corrected chi connectivity index (χ3v) is 8.63. The highest BCUT2D eigenvalue weighted by Gasteiger charge is 2.50. The van der Waals surface area contributed by atoms with Crippen molar-refractivity contribution >= 4 is 35.2 Å². The van der Waals surface area contributed by atoms with Crippen LogP contribution in [-0.4, -0.2) is 56.0 Å². The first-order chi connectivity index (χ1) is 26.0. The van der Waals surface area contributed by atoms with Crippen molar-refractivity contribution in [2.24, 2.45) is 0 Å². The van der Waals surface area contributed by atoms with E-state index in [0.717, 1.165) is 18.2 Å². The van der Waals surface area contributed by atoms with Crippen LogP contribution in [-0.2, 0) is 35.4 Å². The molecule has 0 aliphatic carbocycles. The lowest BCUT2D eigenvalue weighted by Gasteiger charge is -2.29. The van der Waals surface area contributed by atoms with Crippen molar-refractivity contribution < 1.29 is 55.3 Å². The zero-order valence-electron chi connectivity index (χ0n) is 30.7. The molecule has 14 heteroatoms. The summed E-state index contributed by atoms with van der Waals surface area (Å²) in [5, 5.41) is 2.47.